The van der Waals surface area contributed by atoms with Crippen LogP contribution in [0.1, 0.15) is 72.6 Å². The molecule has 5 unspecified atom stereocenters. The summed E-state index contributed by atoms with van der Waals surface area (Å²) in [7, 11) is 0. The molecule has 2 saturated carbocycles. The fraction of sp³-hybridized carbons (Fsp3) is 0.900. The molecule has 2 heteroatoms. The Bertz CT molecular complexity index is 466. The summed E-state index contributed by atoms with van der Waals surface area (Å²) >= 11 is 0. The van der Waals surface area contributed by atoms with E-state index in [-0.39, 0.29) is 12.7 Å². The van der Waals surface area contributed by atoms with E-state index in [1.54, 1.807) is 0 Å². The Morgan fingerprint density at radius 2 is 1.86 bits per heavy atom. The first kappa shape index (κ1) is 16.5. The van der Waals surface area contributed by atoms with Crippen molar-refractivity contribution < 1.29 is 10.2 Å². The van der Waals surface area contributed by atoms with Gasteiger partial charge in [0.2, 0.25) is 0 Å². The third-order valence-electron chi connectivity index (χ3n) is 8.39. The van der Waals surface area contributed by atoms with Crippen molar-refractivity contribution in [3.63, 3.8) is 0 Å². The maximum absolute atomic E-state index is 10.8. The number of hydrogen-bond donors (Lipinski definition) is 2. The van der Waals surface area contributed by atoms with Crippen LogP contribution in [0.15, 0.2) is 11.6 Å². The van der Waals surface area contributed by atoms with Gasteiger partial charge in [0.15, 0.2) is 0 Å². The second-order valence-electron chi connectivity index (χ2n) is 9.32. The first-order valence-electron chi connectivity index (χ1n) is 9.22. The Balaban J connectivity index is 2.01. The van der Waals surface area contributed by atoms with E-state index in [1.165, 1.54) is 25.7 Å². The summed E-state index contributed by atoms with van der Waals surface area (Å²) in [5.41, 5.74) is 2.09. The van der Waals surface area contributed by atoms with E-state index in [4.69, 9.17) is 0 Å². The standard InChI is InChI=1S/C20H34O2/c1-18(2)9-5-10-19(3)16-7-6-14(13-21)12-17(22)15(16)8-11-20(18,19)4/h6,15-17,21-22H,5,7-13H2,1-4H3. The fourth-order valence-electron chi connectivity index (χ4n) is 6.39. The number of fused-ring (bicyclic) bond motifs is 3. The van der Waals surface area contributed by atoms with Gasteiger partial charge in [0.25, 0.3) is 0 Å². The summed E-state index contributed by atoms with van der Waals surface area (Å²) in [6.45, 7) is 10.1. The van der Waals surface area contributed by atoms with Gasteiger partial charge in [0.1, 0.15) is 0 Å². The molecule has 2 nitrogen and oxygen atoms in total. The van der Waals surface area contributed by atoms with Crippen LogP contribution in [-0.4, -0.2) is 22.9 Å². The van der Waals surface area contributed by atoms with Crippen LogP contribution in [0.4, 0.5) is 0 Å². The van der Waals surface area contributed by atoms with Crippen molar-refractivity contribution in [2.24, 2.45) is 28.1 Å². The minimum atomic E-state index is -0.266. The van der Waals surface area contributed by atoms with E-state index in [0.29, 0.717) is 34.5 Å². The highest BCUT2D eigenvalue weighted by molar-refractivity contribution is 5.16. The third-order valence-corrected chi connectivity index (χ3v) is 8.39. The average Bonchev–Trinajstić information content (AvgIpc) is 2.61. The highest BCUT2D eigenvalue weighted by Gasteiger charge is 2.62. The third kappa shape index (κ3) is 2.13. The summed E-state index contributed by atoms with van der Waals surface area (Å²) < 4.78 is 0. The van der Waals surface area contributed by atoms with Crippen LogP contribution in [-0.2, 0) is 0 Å². The molecular formula is C20H34O2. The Morgan fingerprint density at radius 1 is 1.14 bits per heavy atom. The molecule has 3 aliphatic rings. The van der Waals surface area contributed by atoms with Gasteiger partial charge in [0.05, 0.1) is 12.7 Å². The lowest BCUT2D eigenvalue weighted by Gasteiger charge is -2.66. The number of allylic oxidation sites excluding steroid dienone is 1. The molecule has 0 saturated heterocycles. The van der Waals surface area contributed by atoms with Crippen LogP contribution in [0.25, 0.3) is 0 Å². The van der Waals surface area contributed by atoms with Crippen molar-refractivity contribution in [1.29, 1.82) is 0 Å². The van der Waals surface area contributed by atoms with Crippen molar-refractivity contribution in [2.45, 2.75) is 78.7 Å². The quantitative estimate of drug-likeness (QED) is 0.709. The normalized spacial score (nSPS) is 47.9. The minimum absolute atomic E-state index is 0.107. The molecule has 0 aromatic carbocycles. The van der Waals surface area contributed by atoms with E-state index >= 15 is 0 Å². The number of rotatable bonds is 1. The molecule has 3 rings (SSSR count). The number of hydrogen-bond acceptors (Lipinski definition) is 2. The van der Waals surface area contributed by atoms with Crippen LogP contribution in [0.3, 0.4) is 0 Å². The lowest BCUT2D eigenvalue weighted by atomic mass is 9.38. The van der Waals surface area contributed by atoms with Gasteiger partial charge < -0.3 is 10.2 Å². The smallest absolute Gasteiger partial charge is 0.0642 e. The van der Waals surface area contributed by atoms with Gasteiger partial charge >= 0.3 is 0 Å². The molecule has 2 N–H and O–H groups in total. The summed E-state index contributed by atoms with van der Waals surface area (Å²) in [6.07, 6.45) is 10.0. The van der Waals surface area contributed by atoms with Crippen LogP contribution < -0.4 is 0 Å². The van der Waals surface area contributed by atoms with Crippen molar-refractivity contribution >= 4 is 0 Å². The Labute approximate surface area is 136 Å². The first-order chi connectivity index (χ1) is 10.2. The zero-order valence-corrected chi connectivity index (χ0v) is 14.9. The molecule has 0 aromatic heterocycles. The maximum Gasteiger partial charge on any atom is 0.0642 e. The minimum Gasteiger partial charge on any atom is -0.392 e. The maximum atomic E-state index is 10.8. The Hall–Kier alpha value is -0.340. The van der Waals surface area contributed by atoms with Gasteiger partial charge in [-0.25, -0.2) is 0 Å². The highest BCUT2D eigenvalue weighted by Crippen LogP contribution is 2.69. The highest BCUT2D eigenvalue weighted by atomic mass is 16.3. The second kappa shape index (κ2) is 5.34. The largest absolute Gasteiger partial charge is 0.392 e. The molecule has 126 valence electrons. The van der Waals surface area contributed by atoms with Crippen LogP contribution in [0.2, 0.25) is 0 Å². The van der Waals surface area contributed by atoms with Crippen molar-refractivity contribution in [2.75, 3.05) is 6.61 Å². The van der Waals surface area contributed by atoms with Gasteiger partial charge in [-0.15, -0.1) is 0 Å². The summed E-state index contributed by atoms with van der Waals surface area (Å²) in [6, 6.07) is 0. The molecule has 5 atom stereocenters. The molecule has 0 heterocycles. The number of aliphatic hydroxyl groups is 2. The van der Waals surface area contributed by atoms with Crippen LogP contribution in [0.5, 0.6) is 0 Å². The summed E-state index contributed by atoms with van der Waals surface area (Å²) in [5, 5.41) is 20.3. The van der Waals surface area contributed by atoms with E-state index in [0.717, 1.165) is 18.4 Å². The average molecular weight is 306 g/mol. The molecule has 0 radical (unpaired) electrons. The van der Waals surface area contributed by atoms with Crippen molar-refractivity contribution in [3.8, 4) is 0 Å². The van der Waals surface area contributed by atoms with E-state index < -0.39 is 0 Å². The Morgan fingerprint density at radius 3 is 2.55 bits per heavy atom. The first-order valence-corrected chi connectivity index (χ1v) is 9.22. The lowest BCUT2D eigenvalue weighted by Crippen LogP contribution is -2.59. The topological polar surface area (TPSA) is 40.5 Å². The molecule has 0 spiro atoms. The van der Waals surface area contributed by atoms with Crippen molar-refractivity contribution in [1.82, 2.24) is 0 Å². The lowest BCUT2D eigenvalue weighted by molar-refractivity contribution is -0.181. The van der Waals surface area contributed by atoms with E-state index in [2.05, 4.69) is 33.8 Å². The molecule has 0 aromatic rings. The van der Waals surface area contributed by atoms with E-state index in [9.17, 15) is 10.2 Å². The van der Waals surface area contributed by atoms with Gasteiger partial charge in [-0.05, 0) is 72.2 Å². The van der Waals surface area contributed by atoms with Gasteiger partial charge in [-0.1, -0.05) is 40.2 Å². The second-order valence-corrected chi connectivity index (χ2v) is 9.32. The van der Waals surface area contributed by atoms with Gasteiger partial charge in [0, 0.05) is 0 Å². The fourth-order valence-corrected chi connectivity index (χ4v) is 6.39. The monoisotopic (exact) mass is 306 g/mol. The molecular weight excluding hydrogens is 272 g/mol. The van der Waals surface area contributed by atoms with E-state index in [1.807, 2.05) is 0 Å². The van der Waals surface area contributed by atoms with Gasteiger partial charge in [-0.3, -0.25) is 0 Å². The number of aliphatic hydroxyl groups excluding tert-OH is 2. The Kier molecular flexibility index (Phi) is 4.01. The molecule has 3 aliphatic carbocycles. The zero-order chi connectivity index (χ0) is 16.2. The summed E-state index contributed by atoms with van der Waals surface area (Å²) in [5.74, 6) is 0.970. The molecule has 22 heavy (non-hydrogen) atoms. The van der Waals surface area contributed by atoms with Crippen LogP contribution in [0, 0.1) is 28.1 Å². The van der Waals surface area contributed by atoms with Crippen LogP contribution >= 0.6 is 0 Å². The molecule has 0 amide bonds. The summed E-state index contributed by atoms with van der Waals surface area (Å²) in [4.78, 5) is 0. The molecule has 0 aliphatic heterocycles. The van der Waals surface area contributed by atoms with Gasteiger partial charge in [-0.2, -0.15) is 0 Å². The molecule has 0 bridgehead atoms. The predicted molar refractivity (Wildman–Crippen MR) is 90.5 cm³/mol. The SMILES string of the molecule is CC1(C)CCCC2(C)C3CC=C(CO)CC(O)C3CCC12C. The zero-order valence-electron chi connectivity index (χ0n) is 14.9. The van der Waals surface area contributed by atoms with Crippen molar-refractivity contribution in [3.05, 3.63) is 11.6 Å². The predicted octanol–water partition coefficient (Wildman–Crippen LogP) is 4.31. The molecule has 2 fully saturated rings.